The van der Waals surface area contributed by atoms with Crippen LogP contribution in [0.5, 0.6) is 0 Å². The highest BCUT2D eigenvalue weighted by Gasteiger charge is 2.21. The third-order valence-electron chi connectivity index (χ3n) is 2.84. The molecule has 0 amide bonds. The van der Waals surface area contributed by atoms with E-state index in [1.54, 1.807) is 14.2 Å². The minimum absolute atomic E-state index is 0.186. The molecule has 0 saturated heterocycles. The third kappa shape index (κ3) is 4.04. The molecule has 0 bridgehead atoms. The van der Waals surface area contributed by atoms with Crippen LogP contribution in [0.4, 0.5) is 0 Å². The largest absolute Gasteiger partial charge is 0.504 e. The standard InChI is InChI=1S/C12H20O3/c1-14-8-11-6-4-3-5-10(11)7-12(13)9-15-2/h8,10H,3-7,9H2,1-2H3/b11-8+. The summed E-state index contributed by atoms with van der Waals surface area (Å²) in [6.07, 6.45) is 7.01. The van der Waals surface area contributed by atoms with Crippen molar-refractivity contribution in [1.29, 1.82) is 0 Å². The summed E-state index contributed by atoms with van der Waals surface area (Å²) < 4.78 is 9.89. The molecule has 0 aromatic heterocycles. The molecule has 86 valence electrons. The van der Waals surface area contributed by atoms with Crippen molar-refractivity contribution >= 4 is 5.78 Å². The average Bonchev–Trinajstić information content (AvgIpc) is 2.21. The Balaban J connectivity index is 2.49. The molecule has 1 saturated carbocycles. The smallest absolute Gasteiger partial charge is 0.159 e. The molecule has 0 radical (unpaired) electrons. The SMILES string of the molecule is CO/C=C1\CCCCC1CC(=O)COC. The van der Waals surface area contributed by atoms with Crippen molar-refractivity contribution in [2.45, 2.75) is 32.1 Å². The van der Waals surface area contributed by atoms with Crippen LogP contribution in [0.1, 0.15) is 32.1 Å². The molecule has 0 aromatic rings. The first-order valence-corrected chi connectivity index (χ1v) is 5.50. The zero-order valence-corrected chi connectivity index (χ0v) is 9.62. The number of rotatable bonds is 5. The molecule has 3 nitrogen and oxygen atoms in total. The van der Waals surface area contributed by atoms with E-state index in [4.69, 9.17) is 9.47 Å². The fraction of sp³-hybridized carbons (Fsp3) is 0.750. The summed E-state index contributed by atoms with van der Waals surface area (Å²) in [5, 5.41) is 0. The zero-order valence-electron chi connectivity index (χ0n) is 9.62. The average molecular weight is 212 g/mol. The molecule has 1 atom stereocenters. The minimum Gasteiger partial charge on any atom is -0.504 e. The summed E-state index contributed by atoms with van der Waals surface area (Å²) in [6.45, 7) is 0.233. The van der Waals surface area contributed by atoms with E-state index in [1.165, 1.54) is 18.4 Å². The number of hydrogen-bond acceptors (Lipinski definition) is 3. The van der Waals surface area contributed by atoms with Gasteiger partial charge < -0.3 is 9.47 Å². The fourth-order valence-electron chi connectivity index (χ4n) is 2.14. The Labute approximate surface area is 91.4 Å². The van der Waals surface area contributed by atoms with Crippen LogP contribution in [0.25, 0.3) is 0 Å². The highest BCUT2D eigenvalue weighted by atomic mass is 16.5. The molecular weight excluding hydrogens is 192 g/mol. The van der Waals surface area contributed by atoms with Gasteiger partial charge in [-0.1, -0.05) is 6.42 Å². The van der Waals surface area contributed by atoms with Crippen LogP contribution in [-0.4, -0.2) is 26.6 Å². The molecule has 0 spiro atoms. The lowest BCUT2D eigenvalue weighted by Gasteiger charge is -2.24. The summed E-state index contributed by atoms with van der Waals surface area (Å²) >= 11 is 0. The van der Waals surface area contributed by atoms with Crippen molar-refractivity contribution in [3.05, 3.63) is 11.8 Å². The number of ether oxygens (including phenoxy) is 2. The Hall–Kier alpha value is -0.830. The summed E-state index contributed by atoms with van der Waals surface area (Å²) in [5.41, 5.74) is 1.29. The summed E-state index contributed by atoms with van der Waals surface area (Å²) in [5.74, 6) is 0.563. The van der Waals surface area contributed by atoms with Crippen LogP contribution in [0.15, 0.2) is 11.8 Å². The lowest BCUT2D eigenvalue weighted by atomic mass is 9.82. The first-order valence-electron chi connectivity index (χ1n) is 5.50. The maximum absolute atomic E-state index is 11.5. The number of hydrogen-bond donors (Lipinski definition) is 0. The summed E-state index contributed by atoms with van der Waals surface area (Å²) in [4.78, 5) is 11.5. The second-order valence-corrected chi connectivity index (χ2v) is 4.05. The molecule has 15 heavy (non-hydrogen) atoms. The maximum atomic E-state index is 11.5. The molecule has 1 aliphatic rings. The third-order valence-corrected chi connectivity index (χ3v) is 2.84. The molecule has 0 N–H and O–H groups in total. The Bertz CT molecular complexity index is 233. The quantitative estimate of drug-likeness (QED) is 0.656. The topological polar surface area (TPSA) is 35.5 Å². The van der Waals surface area contributed by atoms with Crippen molar-refractivity contribution < 1.29 is 14.3 Å². The van der Waals surface area contributed by atoms with Crippen LogP contribution in [0.3, 0.4) is 0 Å². The van der Waals surface area contributed by atoms with E-state index in [2.05, 4.69) is 0 Å². The van der Waals surface area contributed by atoms with E-state index >= 15 is 0 Å². The van der Waals surface area contributed by atoms with E-state index in [0.29, 0.717) is 12.3 Å². The van der Waals surface area contributed by atoms with Gasteiger partial charge in [-0.05, 0) is 30.8 Å². The first-order chi connectivity index (χ1) is 7.27. The molecule has 1 aliphatic carbocycles. The van der Waals surface area contributed by atoms with Gasteiger partial charge in [0.1, 0.15) is 6.61 Å². The number of carbonyl (C=O) groups excluding carboxylic acids is 1. The molecule has 1 fully saturated rings. The van der Waals surface area contributed by atoms with Gasteiger partial charge in [-0.15, -0.1) is 0 Å². The number of methoxy groups -OCH3 is 2. The van der Waals surface area contributed by atoms with Gasteiger partial charge in [0.2, 0.25) is 0 Å². The molecule has 1 rings (SSSR count). The van der Waals surface area contributed by atoms with E-state index in [9.17, 15) is 4.79 Å². The monoisotopic (exact) mass is 212 g/mol. The second-order valence-electron chi connectivity index (χ2n) is 4.05. The van der Waals surface area contributed by atoms with Crippen molar-refractivity contribution in [2.24, 2.45) is 5.92 Å². The van der Waals surface area contributed by atoms with Crippen LogP contribution in [-0.2, 0) is 14.3 Å². The number of allylic oxidation sites excluding steroid dienone is 1. The summed E-state index contributed by atoms with van der Waals surface area (Å²) in [6, 6.07) is 0. The predicted octanol–water partition coefficient (Wildman–Crippen LogP) is 2.31. The number of carbonyl (C=O) groups is 1. The highest BCUT2D eigenvalue weighted by Crippen LogP contribution is 2.31. The van der Waals surface area contributed by atoms with Crippen LogP contribution < -0.4 is 0 Å². The zero-order chi connectivity index (χ0) is 11.1. The van der Waals surface area contributed by atoms with E-state index in [1.807, 2.05) is 6.26 Å². The van der Waals surface area contributed by atoms with Crippen molar-refractivity contribution in [1.82, 2.24) is 0 Å². The van der Waals surface area contributed by atoms with Crippen molar-refractivity contribution in [3.8, 4) is 0 Å². The Morgan fingerprint density at radius 2 is 2.27 bits per heavy atom. The van der Waals surface area contributed by atoms with Crippen molar-refractivity contribution in [2.75, 3.05) is 20.8 Å². The lowest BCUT2D eigenvalue weighted by molar-refractivity contribution is -0.123. The predicted molar refractivity (Wildman–Crippen MR) is 58.6 cm³/mol. The lowest BCUT2D eigenvalue weighted by Crippen LogP contribution is -2.17. The Morgan fingerprint density at radius 1 is 1.47 bits per heavy atom. The molecule has 1 unspecified atom stereocenters. The van der Waals surface area contributed by atoms with Gasteiger partial charge in [0, 0.05) is 13.5 Å². The first kappa shape index (κ1) is 12.2. The maximum Gasteiger partial charge on any atom is 0.159 e. The highest BCUT2D eigenvalue weighted by molar-refractivity contribution is 5.80. The van der Waals surface area contributed by atoms with Crippen LogP contribution >= 0.6 is 0 Å². The van der Waals surface area contributed by atoms with Gasteiger partial charge in [-0.25, -0.2) is 0 Å². The van der Waals surface area contributed by atoms with Gasteiger partial charge in [0.05, 0.1) is 13.4 Å². The van der Waals surface area contributed by atoms with Gasteiger partial charge in [0.15, 0.2) is 5.78 Å². The van der Waals surface area contributed by atoms with Gasteiger partial charge in [0.25, 0.3) is 0 Å². The fourth-order valence-corrected chi connectivity index (χ4v) is 2.14. The number of ketones is 1. The Morgan fingerprint density at radius 3 is 2.93 bits per heavy atom. The Kier molecular flexibility index (Phi) is 5.40. The second kappa shape index (κ2) is 6.62. The normalized spacial score (nSPS) is 24.1. The van der Waals surface area contributed by atoms with Crippen LogP contribution in [0.2, 0.25) is 0 Å². The minimum atomic E-state index is 0.186. The van der Waals surface area contributed by atoms with E-state index in [-0.39, 0.29) is 12.4 Å². The summed E-state index contributed by atoms with van der Waals surface area (Å²) in [7, 11) is 3.22. The van der Waals surface area contributed by atoms with Crippen molar-refractivity contribution in [3.63, 3.8) is 0 Å². The molecule has 3 heteroatoms. The number of Topliss-reactive ketones (excluding diaryl/α,β-unsaturated/α-hetero) is 1. The van der Waals surface area contributed by atoms with Gasteiger partial charge in [-0.3, -0.25) is 4.79 Å². The van der Waals surface area contributed by atoms with E-state index < -0.39 is 0 Å². The molecular formula is C12H20O3. The molecule has 0 heterocycles. The van der Waals surface area contributed by atoms with Gasteiger partial charge in [-0.2, -0.15) is 0 Å². The van der Waals surface area contributed by atoms with Crippen LogP contribution in [0, 0.1) is 5.92 Å². The van der Waals surface area contributed by atoms with E-state index in [0.717, 1.165) is 12.8 Å². The molecule has 0 aromatic carbocycles. The molecule has 0 aliphatic heterocycles. The van der Waals surface area contributed by atoms with Gasteiger partial charge >= 0.3 is 0 Å².